The molecule has 0 bridgehead atoms. The molecule has 0 aliphatic carbocycles. The van der Waals surface area contributed by atoms with Gasteiger partial charge in [0.15, 0.2) is 0 Å². The van der Waals surface area contributed by atoms with Crippen LogP contribution in [0.25, 0.3) is 0 Å². The second-order valence-corrected chi connectivity index (χ2v) is 7.11. The number of anilines is 1. The third-order valence-corrected chi connectivity index (χ3v) is 3.80. The number of nitrogens with one attached hydrogen (secondary N) is 1. The van der Waals surface area contributed by atoms with E-state index in [9.17, 15) is 0 Å². The van der Waals surface area contributed by atoms with Gasteiger partial charge in [0.05, 0.1) is 0 Å². The summed E-state index contributed by atoms with van der Waals surface area (Å²) >= 11 is 1.89. The maximum absolute atomic E-state index is 3.55. The summed E-state index contributed by atoms with van der Waals surface area (Å²) in [5, 5.41) is 3.55. The monoisotopic (exact) mass is 280 g/mol. The van der Waals surface area contributed by atoms with Gasteiger partial charge < -0.3 is 10.2 Å². The highest BCUT2D eigenvalue weighted by atomic mass is 32.2. The van der Waals surface area contributed by atoms with E-state index >= 15 is 0 Å². The van der Waals surface area contributed by atoms with Crippen LogP contribution in [-0.4, -0.2) is 31.1 Å². The topological polar surface area (TPSA) is 15.3 Å². The highest BCUT2D eigenvalue weighted by molar-refractivity contribution is 7.98. The smallest absolute Gasteiger partial charge is 0.0366 e. The summed E-state index contributed by atoms with van der Waals surface area (Å²) in [5.41, 5.74) is 4.23. The van der Waals surface area contributed by atoms with Gasteiger partial charge in [-0.1, -0.05) is 6.07 Å². The molecule has 1 aromatic carbocycles. The first-order valence-corrected chi connectivity index (χ1v) is 8.27. The van der Waals surface area contributed by atoms with Crippen molar-refractivity contribution >= 4 is 17.4 Å². The Morgan fingerprint density at radius 3 is 2.47 bits per heavy atom. The van der Waals surface area contributed by atoms with Crippen molar-refractivity contribution in [3.8, 4) is 0 Å². The third-order valence-electron chi connectivity index (χ3n) is 3.21. The van der Waals surface area contributed by atoms with E-state index in [-0.39, 0.29) is 5.54 Å². The van der Waals surface area contributed by atoms with E-state index in [0.717, 1.165) is 13.1 Å². The molecule has 108 valence electrons. The van der Waals surface area contributed by atoms with Crippen molar-refractivity contribution in [2.24, 2.45) is 0 Å². The quantitative estimate of drug-likeness (QED) is 0.855. The molecule has 2 nitrogen and oxygen atoms in total. The summed E-state index contributed by atoms with van der Waals surface area (Å²) in [6.07, 6.45) is 2.15. The van der Waals surface area contributed by atoms with E-state index in [1.807, 2.05) is 11.8 Å². The number of hydrogen-bond acceptors (Lipinski definition) is 3. The van der Waals surface area contributed by atoms with E-state index in [1.54, 1.807) is 0 Å². The zero-order valence-corrected chi connectivity index (χ0v) is 14.0. The summed E-state index contributed by atoms with van der Waals surface area (Å²) in [5.74, 6) is 1.17. The molecule has 0 aromatic heterocycles. The SMILES string of the molecule is CSCCN(C)c1ccc(CNC(C)(C)C)c(C)c1. The van der Waals surface area contributed by atoms with Crippen molar-refractivity contribution in [3.05, 3.63) is 29.3 Å². The Bertz CT molecular complexity index is 396. The first kappa shape index (κ1) is 16.4. The second kappa shape index (κ2) is 7.20. The van der Waals surface area contributed by atoms with Crippen molar-refractivity contribution in [3.63, 3.8) is 0 Å². The number of thioether (sulfide) groups is 1. The van der Waals surface area contributed by atoms with Crippen LogP contribution in [0.5, 0.6) is 0 Å². The molecule has 0 radical (unpaired) electrons. The third kappa shape index (κ3) is 5.87. The largest absolute Gasteiger partial charge is 0.374 e. The molecule has 19 heavy (non-hydrogen) atoms. The fourth-order valence-corrected chi connectivity index (χ4v) is 2.29. The second-order valence-electron chi connectivity index (χ2n) is 6.13. The fourth-order valence-electron chi connectivity index (χ4n) is 1.83. The molecule has 0 amide bonds. The van der Waals surface area contributed by atoms with E-state index in [2.05, 4.69) is 69.4 Å². The van der Waals surface area contributed by atoms with Gasteiger partial charge in [0, 0.05) is 37.1 Å². The highest BCUT2D eigenvalue weighted by Crippen LogP contribution is 2.19. The predicted molar refractivity (Wildman–Crippen MR) is 89.4 cm³/mol. The van der Waals surface area contributed by atoms with Crippen LogP contribution in [0.2, 0.25) is 0 Å². The van der Waals surface area contributed by atoms with Gasteiger partial charge in [-0.2, -0.15) is 11.8 Å². The average Bonchev–Trinajstić information content (AvgIpc) is 2.33. The zero-order valence-electron chi connectivity index (χ0n) is 13.2. The van der Waals surface area contributed by atoms with Crippen molar-refractivity contribution in [2.45, 2.75) is 39.8 Å². The minimum Gasteiger partial charge on any atom is -0.374 e. The Labute approximate surface area is 123 Å². The number of aryl methyl sites for hydroxylation is 1. The van der Waals surface area contributed by atoms with E-state index < -0.39 is 0 Å². The summed E-state index contributed by atoms with van der Waals surface area (Å²) in [7, 11) is 2.16. The minimum atomic E-state index is 0.167. The van der Waals surface area contributed by atoms with E-state index in [0.29, 0.717) is 0 Å². The van der Waals surface area contributed by atoms with Gasteiger partial charge >= 0.3 is 0 Å². The molecular weight excluding hydrogens is 252 g/mol. The lowest BCUT2D eigenvalue weighted by Crippen LogP contribution is -2.35. The normalized spacial score (nSPS) is 11.7. The van der Waals surface area contributed by atoms with E-state index in [4.69, 9.17) is 0 Å². The van der Waals surface area contributed by atoms with Gasteiger partial charge in [-0.15, -0.1) is 0 Å². The van der Waals surface area contributed by atoms with E-state index in [1.165, 1.54) is 22.6 Å². The van der Waals surface area contributed by atoms with Crippen LogP contribution in [0, 0.1) is 6.92 Å². The Balaban J connectivity index is 2.69. The maximum Gasteiger partial charge on any atom is 0.0366 e. The molecule has 3 heteroatoms. The van der Waals surface area contributed by atoms with Crippen LogP contribution < -0.4 is 10.2 Å². The molecule has 1 N–H and O–H groups in total. The van der Waals surface area contributed by atoms with Gasteiger partial charge in [0.2, 0.25) is 0 Å². The Morgan fingerprint density at radius 2 is 1.95 bits per heavy atom. The van der Waals surface area contributed by atoms with Crippen LogP contribution in [0.3, 0.4) is 0 Å². The molecule has 1 aromatic rings. The Hall–Kier alpha value is -0.670. The Kier molecular flexibility index (Phi) is 6.21. The molecule has 0 fully saturated rings. The minimum absolute atomic E-state index is 0.167. The Morgan fingerprint density at radius 1 is 1.26 bits per heavy atom. The highest BCUT2D eigenvalue weighted by Gasteiger charge is 2.10. The summed E-state index contributed by atoms with van der Waals surface area (Å²) in [4.78, 5) is 2.32. The molecular formula is C16H28N2S. The fraction of sp³-hybridized carbons (Fsp3) is 0.625. The van der Waals surface area contributed by atoms with Crippen molar-refractivity contribution in [1.29, 1.82) is 0 Å². The van der Waals surface area contributed by atoms with Gasteiger partial charge in [0.25, 0.3) is 0 Å². The molecule has 0 saturated heterocycles. The molecule has 0 unspecified atom stereocenters. The van der Waals surface area contributed by atoms with Crippen LogP contribution in [0.15, 0.2) is 18.2 Å². The first-order valence-electron chi connectivity index (χ1n) is 6.88. The molecule has 0 spiro atoms. The van der Waals surface area contributed by atoms with Crippen LogP contribution in [0.1, 0.15) is 31.9 Å². The first-order chi connectivity index (χ1) is 8.83. The number of benzene rings is 1. The van der Waals surface area contributed by atoms with Gasteiger partial charge in [-0.3, -0.25) is 0 Å². The molecule has 1 rings (SSSR count). The van der Waals surface area contributed by atoms with Crippen LogP contribution in [-0.2, 0) is 6.54 Å². The lowest BCUT2D eigenvalue weighted by Gasteiger charge is -2.23. The average molecular weight is 280 g/mol. The number of rotatable bonds is 6. The number of nitrogens with zero attached hydrogens (tertiary/aromatic N) is 1. The van der Waals surface area contributed by atoms with Crippen molar-refractivity contribution in [1.82, 2.24) is 5.32 Å². The summed E-state index contributed by atoms with van der Waals surface area (Å²) < 4.78 is 0. The molecule has 0 heterocycles. The lowest BCUT2D eigenvalue weighted by atomic mass is 10.0. The molecule has 0 atom stereocenters. The van der Waals surface area contributed by atoms with Crippen LogP contribution in [0.4, 0.5) is 5.69 Å². The van der Waals surface area contributed by atoms with Crippen molar-refractivity contribution in [2.75, 3.05) is 30.5 Å². The molecule has 0 saturated carbocycles. The van der Waals surface area contributed by atoms with Gasteiger partial charge in [-0.05, 0) is 57.2 Å². The van der Waals surface area contributed by atoms with Crippen LogP contribution >= 0.6 is 11.8 Å². The lowest BCUT2D eigenvalue weighted by molar-refractivity contribution is 0.424. The number of hydrogen-bond donors (Lipinski definition) is 1. The molecule has 0 aliphatic rings. The standard InChI is InChI=1S/C16H28N2S/c1-13-11-15(18(5)9-10-19-6)8-7-14(13)12-17-16(2,3)4/h7-8,11,17H,9-10,12H2,1-6H3. The zero-order chi connectivity index (χ0) is 14.5. The maximum atomic E-state index is 3.55. The van der Waals surface area contributed by atoms with Crippen molar-refractivity contribution < 1.29 is 0 Å². The van der Waals surface area contributed by atoms with Gasteiger partial charge in [0.1, 0.15) is 0 Å². The predicted octanol–water partition coefficient (Wildman–Crippen LogP) is 3.68. The summed E-state index contributed by atoms with van der Waals surface area (Å²) in [6, 6.07) is 6.77. The summed E-state index contributed by atoms with van der Waals surface area (Å²) in [6.45, 7) is 10.8. The van der Waals surface area contributed by atoms with Gasteiger partial charge in [-0.25, -0.2) is 0 Å². The molecule has 0 aliphatic heterocycles.